The monoisotopic (exact) mass is 347 g/mol. The molecule has 0 atom stereocenters. The maximum Gasteiger partial charge on any atom is 0.409 e. The van der Waals surface area contributed by atoms with E-state index in [2.05, 4.69) is 15.3 Å². The molecule has 0 saturated heterocycles. The molecule has 4 aromatic rings. The molecular formula is C19H17N5O2. The van der Waals surface area contributed by atoms with E-state index >= 15 is 0 Å². The van der Waals surface area contributed by atoms with Crippen LogP contribution in [0.15, 0.2) is 55.0 Å². The van der Waals surface area contributed by atoms with Gasteiger partial charge >= 0.3 is 6.09 Å². The van der Waals surface area contributed by atoms with E-state index in [4.69, 9.17) is 10.2 Å². The molecule has 0 bridgehead atoms. The standard InChI is InChI=1S/C19H17N5O2/c1-2-24-11-16(14-7-9-20-18-15(14)8-10-21-18)17(23-24)12-3-5-13(6-4-12)22-19(25)26/h3-11,22H,2H2,1H3,(H,20,21)(H,25,26). The fourth-order valence-electron chi connectivity index (χ4n) is 3.02. The van der Waals surface area contributed by atoms with Crippen molar-refractivity contribution in [1.82, 2.24) is 19.7 Å². The zero-order valence-corrected chi connectivity index (χ0v) is 14.1. The Morgan fingerprint density at radius 3 is 2.73 bits per heavy atom. The minimum Gasteiger partial charge on any atom is -0.465 e. The average molecular weight is 347 g/mol. The number of nitrogens with zero attached hydrogens (tertiary/aromatic N) is 3. The second kappa shape index (κ2) is 6.36. The van der Waals surface area contributed by atoms with Crippen molar-refractivity contribution in [2.24, 2.45) is 0 Å². The molecule has 0 aliphatic rings. The first-order valence-electron chi connectivity index (χ1n) is 8.26. The summed E-state index contributed by atoms with van der Waals surface area (Å²) >= 11 is 0. The van der Waals surface area contributed by atoms with Gasteiger partial charge in [-0.3, -0.25) is 10.00 Å². The molecule has 3 aromatic heterocycles. The highest BCUT2D eigenvalue weighted by Gasteiger charge is 2.16. The van der Waals surface area contributed by atoms with E-state index in [-0.39, 0.29) is 0 Å². The average Bonchev–Trinajstić information content (AvgIpc) is 3.28. The Labute approximate surface area is 149 Å². The summed E-state index contributed by atoms with van der Waals surface area (Å²) in [5, 5.41) is 16.9. The lowest BCUT2D eigenvalue weighted by molar-refractivity contribution is 0.210. The minimum absolute atomic E-state index is 0.523. The number of aryl methyl sites for hydroxylation is 1. The number of anilines is 1. The molecule has 26 heavy (non-hydrogen) atoms. The van der Waals surface area contributed by atoms with Crippen LogP contribution in [0.25, 0.3) is 33.4 Å². The number of carbonyl (C=O) groups is 1. The third kappa shape index (κ3) is 2.79. The smallest absolute Gasteiger partial charge is 0.409 e. The van der Waals surface area contributed by atoms with Gasteiger partial charge in [-0.2, -0.15) is 5.10 Å². The van der Waals surface area contributed by atoms with Gasteiger partial charge in [0.2, 0.25) is 0 Å². The van der Waals surface area contributed by atoms with Crippen molar-refractivity contribution in [1.29, 1.82) is 0 Å². The number of aromatic nitrogens is 4. The van der Waals surface area contributed by atoms with E-state index in [1.165, 1.54) is 0 Å². The van der Waals surface area contributed by atoms with Gasteiger partial charge in [0.05, 0.1) is 0 Å². The summed E-state index contributed by atoms with van der Waals surface area (Å²) in [6, 6.07) is 11.2. The van der Waals surface area contributed by atoms with Crippen molar-refractivity contribution in [2.75, 3.05) is 5.32 Å². The molecule has 3 N–H and O–H groups in total. The lowest BCUT2D eigenvalue weighted by Crippen LogP contribution is -2.06. The Hall–Kier alpha value is -3.61. The maximum absolute atomic E-state index is 10.8. The molecule has 0 unspecified atom stereocenters. The van der Waals surface area contributed by atoms with Gasteiger partial charge in [0, 0.05) is 47.3 Å². The molecule has 130 valence electrons. The van der Waals surface area contributed by atoms with Crippen molar-refractivity contribution in [3.63, 3.8) is 0 Å². The topological polar surface area (TPSA) is 95.8 Å². The number of carboxylic acid groups (broad SMARTS) is 1. The summed E-state index contributed by atoms with van der Waals surface area (Å²) in [6.45, 7) is 2.80. The molecule has 7 heteroatoms. The second-order valence-corrected chi connectivity index (χ2v) is 5.85. The molecule has 0 aliphatic carbocycles. The van der Waals surface area contributed by atoms with E-state index in [0.29, 0.717) is 5.69 Å². The van der Waals surface area contributed by atoms with E-state index in [1.54, 1.807) is 18.3 Å². The summed E-state index contributed by atoms with van der Waals surface area (Å²) in [5.41, 5.74) is 5.19. The van der Waals surface area contributed by atoms with Crippen LogP contribution in [0.3, 0.4) is 0 Å². The molecule has 4 rings (SSSR count). The highest BCUT2D eigenvalue weighted by atomic mass is 16.4. The summed E-state index contributed by atoms with van der Waals surface area (Å²) in [5.74, 6) is 0. The lowest BCUT2D eigenvalue weighted by Gasteiger charge is -2.06. The van der Waals surface area contributed by atoms with Gasteiger partial charge in [-0.05, 0) is 36.8 Å². The van der Waals surface area contributed by atoms with Crippen LogP contribution in [0.4, 0.5) is 10.5 Å². The second-order valence-electron chi connectivity index (χ2n) is 5.85. The van der Waals surface area contributed by atoms with E-state index < -0.39 is 6.09 Å². The molecule has 1 amide bonds. The van der Waals surface area contributed by atoms with E-state index in [0.717, 1.165) is 40.0 Å². The van der Waals surface area contributed by atoms with Gasteiger partial charge in [0.15, 0.2) is 0 Å². The fraction of sp³-hybridized carbons (Fsp3) is 0.105. The number of amides is 1. The fourth-order valence-corrected chi connectivity index (χ4v) is 3.02. The first-order valence-corrected chi connectivity index (χ1v) is 8.26. The Kier molecular flexibility index (Phi) is 3.89. The number of rotatable bonds is 4. The molecule has 3 heterocycles. The quantitative estimate of drug-likeness (QED) is 0.515. The van der Waals surface area contributed by atoms with Crippen LogP contribution < -0.4 is 5.32 Å². The number of H-pyrrole nitrogens is 1. The predicted molar refractivity (Wildman–Crippen MR) is 100 cm³/mol. The third-order valence-corrected chi connectivity index (χ3v) is 4.25. The molecule has 0 saturated carbocycles. The van der Waals surface area contributed by atoms with Gasteiger partial charge in [0.25, 0.3) is 0 Å². The van der Waals surface area contributed by atoms with Gasteiger partial charge in [-0.25, -0.2) is 9.78 Å². The number of fused-ring (bicyclic) bond motifs is 1. The Morgan fingerprint density at radius 1 is 1.19 bits per heavy atom. The van der Waals surface area contributed by atoms with Crippen molar-refractivity contribution < 1.29 is 9.90 Å². The van der Waals surface area contributed by atoms with E-state index in [9.17, 15) is 4.79 Å². The number of hydrogen-bond donors (Lipinski definition) is 3. The van der Waals surface area contributed by atoms with Crippen LogP contribution in [-0.2, 0) is 6.54 Å². The highest BCUT2D eigenvalue weighted by molar-refractivity contribution is 5.97. The molecule has 7 nitrogen and oxygen atoms in total. The highest BCUT2D eigenvalue weighted by Crippen LogP contribution is 2.35. The van der Waals surface area contributed by atoms with Gasteiger partial charge < -0.3 is 10.1 Å². The number of benzene rings is 1. The zero-order chi connectivity index (χ0) is 18.1. The molecule has 1 aromatic carbocycles. The summed E-state index contributed by atoms with van der Waals surface area (Å²) in [6.07, 6.45) is 4.60. The normalized spacial score (nSPS) is 11.0. The zero-order valence-electron chi connectivity index (χ0n) is 14.1. The van der Waals surface area contributed by atoms with Crippen molar-refractivity contribution in [2.45, 2.75) is 13.5 Å². The van der Waals surface area contributed by atoms with Gasteiger partial charge in [-0.1, -0.05) is 12.1 Å². The summed E-state index contributed by atoms with van der Waals surface area (Å²) in [7, 11) is 0. The van der Waals surface area contributed by atoms with Crippen LogP contribution in [0, 0.1) is 0 Å². The first kappa shape index (κ1) is 15.9. The number of aromatic amines is 1. The van der Waals surface area contributed by atoms with Crippen LogP contribution in [0.2, 0.25) is 0 Å². The Balaban J connectivity index is 1.83. The largest absolute Gasteiger partial charge is 0.465 e. The predicted octanol–water partition coefficient (Wildman–Crippen LogP) is 4.20. The maximum atomic E-state index is 10.8. The Morgan fingerprint density at radius 2 is 2.00 bits per heavy atom. The molecule has 0 radical (unpaired) electrons. The third-order valence-electron chi connectivity index (χ3n) is 4.25. The Bertz CT molecular complexity index is 1080. The molecule has 0 fully saturated rings. The SMILES string of the molecule is CCn1cc(-c2ccnc3[nH]ccc23)c(-c2ccc(NC(=O)O)cc2)n1. The van der Waals surface area contributed by atoms with Gasteiger partial charge in [-0.15, -0.1) is 0 Å². The number of nitrogens with one attached hydrogen (secondary N) is 2. The first-order chi connectivity index (χ1) is 12.7. The summed E-state index contributed by atoms with van der Waals surface area (Å²) < 4.78 is 1.90. The minimum atomic E-state index is -1.08. The summed E-state index contributed by atoms with van der Waals surface area (Å²) in [4.78, 5) is 18.3. The molecule has 0 spiro atoms. The van der Waals surface area contributed by atoms with E-state index in [1.807, 2.05) is 48.3 Å². The van der Waals surface area contributed by atoms with Crippen LogP contribution in [0.1, 0.15) is 6.92 Å². The van der Waals surface area contributed by atoms with Crippen molar-refractivity contribution in [3.05, 3.63) is 55.0 Å². The van der Waals surface area contributed by atoms with Crippen LogP contribution in [0.5, 0.6) is 0 Å². The van der Waals surface area contributed by atoms with Gasteiger partial charge in [0.1, 0.15) is 11.3 Å². The van der Waals surface area contributed by atoms with Crippen LogP contribution in [-0.4, -0.2) is 30.9 Å². The number of hydrogen-bond acceptors (Lipinski definition) is 3. The lowest BCUT2D eigenvalue weighted by atomic mass is 10.0. The number of pyridine rings is 1. The molecular weight excluding hydrogens is 330 g/mol. The van der Waals surface area contributed by atoms with Crippen LogP contribution >= 0.6 is 0 Å². The molecule has 0 aliphatic heterocycles. The van der Waals surface area contributed by atoms with Crippen molar-refractivity contribution >= 4 is 22.8 Å². The van der Waals surface area contributed by atoms with Crippen molar-refractivity contribution in [3.8, 4) is 22.4 Å².